The van der Waals surface area contributed by atoms with E-state index in [1.807, 2.05) is 25.1 Å². The lowest BCUT2D eigenvalue weighted by Gasteiger charge is -2.05. The predicted octanol–water partition coefficient (Wildman–Crippen LogP) is 4.88. The van der Waals surface area contributed by atoms with Crippen molar-refractivity contribution in [3.05, 3.63) is 76.2 Å². The zero-order chi connectivity index (χ0) is 19.8. The van der Waals surface area contributed by atoms with E-state index in [0.29, 0.717) is 22.4 Å². The maximum absolute atomic E-state index is 14.3. The summed E-state index contributed by atoms with van der Waals surface area (Å²) in [5, 5.41) is 9.07. The monoisotopic (exact) mass is 393 g/mol. The second-order valence-corrected chi connectivity index (χ2v) is 7.36. The van der Waals surface area contributed by atoms with Crippen LogP contribution in [-0.4, -0.2) is 21.8 Å². The topological polar surface area (TPSA) is 63.5 Å². The van der Waals surface area contributed by atoms with Crippen LogP contribution in [-0.2, 0) is 0 Å². The molecule has 5 nitrogen and oxygen atoms in total. The Labute approximate surface area is 164 Å². The summed E-state index contributed by atoms with van der Waals surface area (Å²) in [4.78, 5) is 24.3. The van der Waals surface area contributed by atoms with Crippen LogP contribution in [0.2, 0.25) is 0 Å². The summed E-state index contributed by atoms with van der Waals surface area (Å²) in [7, 11) is 0. The van der Waals surface area contributed by atoms with Crippen molar-refractivity contribution in [2.75, 3.05) is 5.32 Å². The minimum absolute atomic E-state index is 0.239. The van der Waals surface area contributed by atoms with Gasteiger partial charge in [-0.2, -0.15) is 5.10 Å². The second kappa shape index (κ2) is 7.01. The largest absolute Gasteiger partial charge is 0.312 e. The standard InChI is InChI=1S/C21H16FN3O2S/c1-12-6-7-15(18(22)8-12)17-11-28-21(16(17)10-26)23-20(27)19-9-14-5-3-4-13(2)25(14)24-19/h3-11H,1-2H3,(H,23,27). The first-order chi connectivity index (χ1) is 13.5. The number of fused-ring (bicyclic) bond motifs is 1. The molecule has 140 valence electrons. The van der Waals surface area contributed by atoms with Gasteiger partial charge < -0.3 is 5.32 Å². The summed E-state index contributed by atoms with van der Waals surface area (Å²) < 4.78 is 16.0. The lowest BCUT2D eigenvalue weighted by molar-refractivity contribution is 0.102. The van der Waals surface area contributed by atoms with E-state index >= 15 is 0 Å². The van der Waals surface area contributed by atoms with E-state index < -0.39 is 11.7 Å². The van der Waals surface area contributed by atoms with Gasteiger partial charge in [0.25, 0.3) is 5.91 Å². The summed E-state index contributed by atoms with van der Waals surface area (Å²) in [6, 6.07) is 12.2. The Hall–Kier alpha value is -3.32. The van der Waals surface area contributed by atoms with Gasteiger partial charge in [-0.15, -0.1) is 11.3 Å². The number of nitrogens with zero attached hydrogens (tertiary/aromatic N) is 2. The minimum Gasteiger partial charge on any atom is -0.312 e. The van der Waals surface area contributed by atoms with Crippen LogP contribution in [0.15, 0.2) is 47.8 Å². The van der Waals surface area contributed by atoms with Gasteiger partial charge in [0.15, 0.2) is 12.0 Å². The fourth-order valence-corrected chi connectivity index (χ4v) is 3.99. The molecule has 3 aromatic heterocycles. The molecule has 0 saturated carbocycles. The third kappa shape index (κ3) is 3.10. The van der Waals surface area contributed by atoms with Gasteiger partial charge in [0.1, 0.15) is 10.8 Å². The number of amides is 1. The van der Waals surface area contributed by atoms with Gasteiger partial charge in [-0.25, -0.2) is 8.91 Å². The molecule has 0 bridgehead atoms. The molecule has 0 aliphatic rings. The number of rotatable bonds is 4. The normalized spacial score (nSPS) is 11.0. The van der Waals surface area contributed by atoms with Crippen molar-refractivity contribution in [3.8, 4) is 11.1 Å². The zero-order valence-corrected chi connectivity index (χ0v) is 16.0. The number of aldehydes is 1. The molecule has 0 radical (unpaired) electrons. The van der Waals surface area contributed by atoms with Crippen molar-refractivity contribution in [1.29, 1.82) is 0 Å². The lowest BCUT2D eigenvalue weighted by atomic mass is 10.0. The van der Waals surface area contributed by atoms with E-state index in [1.165, 1.54) is 17.4 Å². The third-order valence-electron chi connectivity index (χ3n) is 4.50. The molecule has 4 rings (SSSR count). The highest BCUT2D eigenvalue weighted by atomic mass is 32.1. The Bertz CT molecular complexity index is 1230. The van der Waals surface area contributed by atoms with Gasteiger partial charge in [0.05, 0.1) is 11.1 Å². The summed E-state index contributed by atoms with van der Waals surface area (Å²) in [5.41, 5.74) is 3.77. The number of hydrogen-bond acceptors (Lipinski definition) is 4. The van der Waals surface area contributed by atoms with Crippen LogP contribution in [0.1, 0.15) is 32.1 Å². The number of halogens is 1. The fourth-order valence-electron chi connectivity index (χ4n) is 3.06. The number of benzene rings is 1. The van der Waals surface area contributed by atoms with Crippen molar-refractivity contribution in [2.24, 2.45) is 0 Å². The summed E-state index contributed by atoms with van der Waals surface area (Å²) in [6.45, 7) is 3.69. The van der Waals surface area contributed by atoms with Crippen molar-refractivity contribution >= 4 is 34.0 Å². The van der Waals surface area contributed by atoms with Gasteiger partial charge >= 0.3 is 0 Å². The average Bonchev–Trinajstić information content (AvgIpc) is 3.26. The molecule has 3 heterocycles. The molecule has 4 aromatic rings. The molecule has 1 aromatic carbocycles. The van der Waals surface area contributed by atoms with E-state index in [2.05, 4.69) is 10.4 Å². The Morgan fingerprint density at radius 1 is 1.18 bits per heavy atom. The van der Waals surface area contributed by atoms with Crippen molar-refractivity contribution in [2.45, 2.75) is 13.8 Å². The molecule has 7 heteroatoms. The first kappa shape index (κ1) is 18.1. The number of anilines is 1. The van der Waals surface area contributed by atoms with Crippen LogP contribution in [0.4, 0.5) is 9.39 Å². The number of carbonyl (C=O) groups is 2. The van der Waals surface area contributed by atoms with E-state index in [1.54, 1.807) is 35.0 Å². The number of pyridine rings is 1. The van der Waals surface area contributed by atoms with Gasteiger partial charge in [-0.05, 0) is 43.7 Å². The third-order valence-corrected chi connectivity index (χ3v) is 5.41. The molecule has 1 amide bonds. The van der Waals surface area contributed by atoms with E-state index in [9.17, 15) is 14.0 Å². The number of nitrogens with one attached hydrogen (secondary N) is 1. The van der Waals surface area contributed by atoms with Crippen LogP contribution in [0.3, 0.4) is 0 Å². The molecular formula is C21H16FN3O2S. The molecule has 28 heavy (non-hydrogen) atoms. The quantitative estimate of drug-likeness (QED) is 0.503. The Morgan fingerprint density at radius 3 is 2.71 bits per heavy atom. The highest BCUT2D eigenvalue weighted by molar-refractivity contribution is 7.15. The highest BCUT2D eigenvalue weighted by Gasteiger charge is 2.19. The van der Waals surface area contributed by atoms with Crippen LogP contribution in [0.25, 0.3) is 16.6 Å². The molecular weight excluding hydrogens is 377 g/mol. The van der Waals surface area contributed by atoms with Gasteiger partial charge in [-0.3, -0.25) is 9.59 Å². The maximum Gasteiger partial charge on any atom is 0.276 e. The van der Waals surface area contributed by atoms with Gasteiger partial charge in [-0.1, -0.05) is 18.2 Å². The zero-order valence-electron chi connectivity index (χ0n) is 15.2. The van der Waals surface area contributed by atoms with Crippen molar-refractivity contribution in [3.63, 3.8) is 0 Å². The summed E-state index contributed by atoms with van der Waals surface area (Å²) >= 11 is 1.18. The number of aryl methyl sites for hydroxylation is 2. The van der Waals surface area contributed by atoms with Crippen LogP contribution in [0.5, 0.6) is 0 Å². The van der Waals surface area contributed by atoms with Gasteiger partial charge in [0.2, 0.25) is 0 Å². The van der Waals surface area contributed by atoms with Crippen LogP contribution in [0, 0.1) is 19.7 Å². The Balaban J connectivity index is 1.68. The van der Waals surface area contributed by atoms with Gasteiger partial charge in [0, 0.05) is 22.2 Å². The lowest BCUT2D eigenvalue weighted by Crippen LogP contribution is -2.13. The second-order valence-electron chi connectivity index (χ2n) is 6.48. The maximum atomic E-state index is 14.3. The molecule has 0 aliphatic heterocycles. The predicted molar refractivity (Wildman–Crippen MR) is 108 cm³/mol. The number of thiophene rings is 1. The Morgan fingerprint density at radius 2 is 2.00 bits per heavy atom. The smallest absolute Gasteiger partial charge is 0.276 e. The summed E-state index contributed by atoms with van der Waals surface area (Å²) in [6.07, 6.45) is 0.633. The van der Waals surface area contributed by atoms with E-state index in [4.69, 9.17) is 0 Å². The van der Waals surface area contributed by atoms with Crippen molar-refractivity contribution < 1.29 is 14.0 Å². The molecule has 0 aliphatic carbocycles. The number of aromatic nitrogens is 2. The van der Waals surface area contributed by atoms with Crippen molar-refractivity contribution in [1.82, 2.24) is 9.61 Å². The number of hydrogen-bond donors (Lipinski definition) is 1. The first-order valence-corrected chi connectivity index (χ1v) is 9.46. The molecule has 0 saturated heterocycles. The number of carbonyl (C=O) groups excluding carboxylic acids is 2. The van der Waals surface area contributed by atoms with E-state index in [-0.39, 0.29) is 11.3 Å². The van der Waals surface area contributed by atoms with E-state index in [0.717, 1.165) is 16.8 Å². The first-order valence-electron chi connectivity index (χ1n) is 8.58. The Kier molecular flexibility index (Phi) is 4.52. The molecule has 0 atom stereocenters. The molecule has 1 N–H and O–H groups in total. The molecule has 0 unspecified atom stereocenters. The SMILES string of the molecule is Cc1ccc(-c2csc(NC(=O)c3cc4cccc(C)n4n3)c2C=O)c(F)c1. The highest BCUT2D eigenvalue weighted by Crippen LogP contribution is 2.36. The summed E-state index contributed by atoms with van der Waals surface area (Å²) in [5.74, 6) is -0.835. The van der Waals surface area contributed by atoms with Crippen LogP contribution < -0.4 is 5.32 Å². The fraction of sp³-hybridized carbons (Fsp3) is 0.0952. The molecule has 0 fully saturated rings. The average molecular weight is 393 g/mol. The minimum atomic E-state index is -0.427. The molecule has 0 spiro atoms. The van der Waals surface area contributed by atoms with Crippen LogP contribution >= 0.6 is 11.3 Å².